The Labute approximate surface area is 192 Å². The molecule has 0 radical (unpaired) electrons. The van der Waals surface area contributed by atoms with Crippen molar-refractivity contribution >= 4 is 56.6 Å². The average molecular weight is 501 g/mol. The second-order valence-electron chi connectivity index (χ2n) is 8.78. The van der Waals surface area contributed by atoms with E-state index in [2.05, 4.69) is 26.1 Å². The maximum absolute atomic E-state index is 13.9. The van der Waals surface area contributed by atoms with Crippen LogP contribution in [0, 0.1) is 18.8 Å². The fraction of sp³-hybridized carbons (Fsp3) is 0.348. The first kappa shape index (κ1) is 19.5. The highest BCUT2D eigenvalue weighted by Crippen LogP contribution is 2.61. The molecule has 2 aromatic carbocycles. The number of nitrogens with zero attached hydrogens (tertiary/aromatic N) is 2. The Bertz CT molecular complexity index is 1180. The molecule has 8 heteroatoms. The summed E-state index contributed by atoms with van der Waals surface area (Å²) in [5.41, 5.74) is 1.54. The molecule has 6 rings (SSSR count). The Morgan fingerprint density at radius 2 is 1.87 bits per heavy atom. The number of imide groups is 1. The van der Waals surface area contributed by atoms with E-state index >= 15 is 0 Å². The normalized spacial score (nSPS) is 31.4. The zero-order chi connectivity index (χ0) is 21.7. The number of anilines is 2. The molecule has 3 saturated heterocycles. The van der Waals surface area contributed by atoms with E-state index in [9.17, 15) is 14.4 Å². The lowest BCUT2D eigenvalue weighted by Crippen LogP contribution is -2.54. The van der Waals surface area contributed by atoms with Crippen molar-refractivity contribution in [1.82, 2.24) is 4.90 Å². The third kappa shape index (κ3) is 2.29. The molecule has 4 aliphatic rings. The topological polar surface area (TPSA) is 69.7 Å². The summed E-state index contributed by atoms with van der Waals surface area (Å²) in [6.07, 6.45) is 1.68. The van der Waals surface area contributed by atoms with Gasteiger partial charge in [-0.25, -0.2) is 4.90 Å². The highest BCUT2D eigenvalue weighted by atomic mass is 79.9. The third-order valence-electron chi connectivity index (χ3n) is 7.28. The van der Waals surface area contributed by atoms with E-state index in [1.54, 1.807) is 12.1 Å². The highest BCUT2D eigenvalue weighted by molar-refractivity contribution is 9.10. The summed E-state index contributed by atoms with van der Waals surface area (Å²) in [4.78, 5) is 44.5. The zero-order valence-corrected chi connectivity index (χ0v) is 19.0. The van der Waals surface area contributed by atoms with Crippen molar-refractivity contribution in [3.05, 3.63) is 57.0 Å². The summed E-state index contributed by atoms with van der Waals surface area (Å²) in [5.74, 6) is -2.10. The summed E-state index contributed by atoms with van der Waals surface area (Å²) in [6.45, 7) is 2.60. The van der Waals surface area contributed by atoms with Crippen LogP contribution in [0.4, 0.5) is 11.4 Å². The molecule has 2 aromatic rings. The Hall–Kier alpha value is -2.22. The number of nitrogens with one attached hydrogen (secondary N) is 1. The first-order valence-electron chi connectivity index (χ1n) is 10.4. The van der Waals surface area contributed by atoms with E-state index in [1.807, 2.05) is 31.2 Å². The second kappa shape index (κ2) is 6.40. The van der Waals surface area contributed by atoms with Crippen LogP contribution in [-0.4, -0.2) is 35.2 Å². The number of hydrogen-bond acceptors (Lipinski definition) is 4. The van der Waals surface area contributed by atoms with Gasteiger partial charge in [0.2, 0.25) is 11.8 Å². The minimum Gasteiger partial charge on any atom is -0.323 e. The molecule has 4 heterocycles. The molecule has 1 N–H and O–H groups in total. The van der Waals surface area contributed by atoms with Crippen LogP contribution < -0.4 is 10.2 Å². The lowest BCUT2D eigenvalue weighted by molar-refractivity contribution is -0.135. The predicted octanol–water partition coefficient (Wildman–Crippen LogP) is 3.84. The van der Waals surface area contributed by atoms with Gasteiger partial charge in [0.15, 0.2) is 0 Å². The van der Waals surface area contributed by atoms with Gasteiger partial charge in [0.05, 0.1) is 28.2 Å². The van der Waals surface area contributed by atoms with Crippen molar-refractivity contribution in [1.29, 1.82) is 0 Å². The zero-order valence-electron chi connectivity index (χ0n) is 16.7. The molecule has 4 atom stereocenters. The number of carbonyl (C=O) groups is 3. The molecule has 0 saturated carbocycles. The van der Waals surface area contributed by atoms with Crippen LogP contribution in [0.15, 0.2) is 40.9 Å². The summed E-state index contributed by atoms with van der Waals surface area (Å²) in [6, 6.07) is 10.7. The van der Waals surface area contributed by atoms with Gasteiger partial charge in [0.25, 0.3) is 5.91 Å². The van der Waals surface area contributed by atoms with Crippen molar-refractivity contribution < 1.29 is 14.4 Å². The molecule has 3 amide bonds. The van der Waals surface area contributed by atoms with Crippen LogP contribution >= 0.6 is 27.5 Å². The van der Waals surface area contributed by atoms with Gasteiger partial charge < -0.3 is 5.32 Å². The Morgan fingerprint density at radius 1 is 1.13 bits per heavy atom. The Morgan fingerprint density at radius 3 is 2.61 bits per heavy atom. The first-order chi connectivity index (χ1) is 14.9. The maximum atomic E-state index is 13.9. The van der Waals surface area contributed by atoms with E-state index in [-0.39, 0.29) is 23.8 Å². The lowest BCUT2D eigenvalue weighted by atomic mass is 9.75. The Kier molecular flexibility index (Phi) is 4.02. The van der Waals surface area contributed by atoms with Gasteiger partial charge in [-0.1, -0.05) is 33.6 Å². The smallest absolute Gasteiger partial charge is 0.250 e. The third-order valence-corrected chi connectivity index (χ3v) is 8.11. The van der Waals surface area contributed by atoms with Crippen LogP contribution in [0.25, 0.3) is 0 Å². The van der Waals surface area contributed by atoms with Crippen LogP contribution in [0.5, 0.6) is 0 Å². The number of aryl methyl sites for hydroxylation is 1. The second-order valence-corrected chi connectivity index (χ2v) is 10.1. The molecule has 158 valence electrons. The molecule has 0 bridgehead atoms. The minimum atomic E-state index is -1.20. The SMILES string of the molecule is Cc1cc(Cl)c2c(c1)[C@@]1(C(=O)N2)[C@H]2C(=O)N(c3ccc(Br)cc3)C(=O)[C@H]2[C@H]2CCCN21. The van der Waals surface area contributed by atoms with E-state index < -0.39 is 17.4 Å². The monoisotopic (exact) mass is 499 g/mol. The number of rotatable bonds is 1. The van der Waals surface area contributed by atoms with Crippen molar-refractivity contribution in [2.75, 3.05) is 16.8 Å². The number of amides is 3. The molecule has 0 aliphatic carbocycles. The summed E-state index contributed by atoms with van der Waals surface area (Å²) >= 11 is 9.89. The number of carbonyl (C=O) groups excluding carboxylic acids is 3. The van der Waals surface area contributed by atoms with Crippen molar-refractivity contribution in [3.8, 4) is 0 Å². The van der Waals surface area contributed by atoms with E-state index in [4.69, 9.17) is 11.6 Å². The molecule has 1 spiro atoms. The highest BCUT2D eigenvalue weighted by Gasteiger charge is 2.74. The van der Waals surface area contributed by atoms with Crippen LogP contribution in [0.3, 0.4) is 0 Å². The summed E-state index contributed by atoms with van der Waals surface area (Å²) in [7, 11) is 0. The number of benzene rings is 2. The van der Waals surface area contributed by atoms with E-state index in [1.165, 1.54) is 4.90 Å². The predicted molar refractivity (Wildman–Crippen MR) is 120 cm³/mol. The van der Waals surface area contributed by atoms with Crippen molar-refractivity contribution in [2.45, 2.75) is 31.3 Å². The summed E-state index contributed by atoms with van der Waals surface area (Å²) < 4.78 is 0.864. The summed E-state index contributed by atoms with van der Waals surface area (Å²) in [5, 5.41) is 3.41. The van der Waals surface area contributed by atoms with E-state index in [0.717, 1.165) is 28.4 Å². The van der Waals surface area contributed by atoms with Crippen LogP contribution in [0.1, 0.15) is 24.0 Å². The maximum Gasteiger partial charge on any atom is 0.250 e. The number of halogens is 2. The molecule has 31 heavy (non-hydrogen) atoms. The van der Waals surface area contributed by atoms with Gasteiger partial charge >= 0.3 is 0 Å². The molecule has 4 aliphatic heterocycles. The molecular formula is C23H19BrClN3O3. The van der Waals surface area contributed by atoms with Gasteiger partial charge in [-0.3, -0.25) is 19.3 Å². The molecule has 3 fully saturated rings. The van der Waals surface area contributed by atoms with Gasteiger partial charge in [-0.05, 0) is 62.2 Å². The molecule has 0 aromatic heterocycles. The Balaban J connectivity index is 1.57. The van der Waals surface area contributed by atoms with Gasteiger partial charge in [-0.2, -0.15) is 0 Å². The van der Waals surface area contributed by atoms with E-state index in [0.29, 0.717) is 22.9 Å². The van der Waals surface area contributed by atoms with Crippen molar-refractivity contribution in [2.24, 2.45) is 11.8 Å². The van der Waals surface area contributed by atoms with Gasteiger partial charge in [0.1, 0.15) is 5.54 Å². The minimum absolute atomic E-state index is 0.141. The van der Waals surface area contributed by atoms with Gasteiger partial charge in [-0.15, -0.1) is 0 Å². The average Bonchev–Trinajstić information content (AvgIpc) is 3.42. The van der Waals surface area contributed by atoms with Crippen LogP contribution in [-0.2, 0) is 19.9 Å². The van der Waals surface area contributed by atoms with Crippen molar-refractivity contribution in [3.63, 3.8) is 0 Å². The van der Waals surface area contributed by atoms with Gasteiger partial charge in [0, 0.05) is 16.1 Å². The lowest BCUT2D eigenvalue weighted by Gasteiger charge is -2.36. The number of hydrogen-bond donors (Lipinski definition) is 1. The fourth-order valence-corrected chi connectivity index (χ4v) is 6.83. The largest absolute Gasteiger partial charge is 0.323 e. The standard InChI is InChI=1S/C23H19BrClN3O3/c1-11-9-14-19(15(25)10-11)26-22(31)23(14)18-17(16-3-2-8-27(16)23)20(29)28(21(18)30)13-6-4-12(24)5-7-13/h4-7,9-10,16-18H,2-3,8H2,1H3,(H,26,31)/t16-,17+,18-,23+/m1/s1. The van der Waals surface area contributed by atoms with Crippen LogP contribution in [0.2, 0.25) is 5.02 Å². The molecule has 6 nitrogen and oxygen atoms in total. The number of fused-ring (bicyclic) bond motifs is 7. The molecule has 0 unspecified atom stereocenters. The first-order valence-corrected chi connectivity index (χ1v) is 11.5. The fourth-order valence-electron chi connectivity index (χ4n) is 6.24. The quantitative estimate of drug-likeness (QED) is 0.604. The molecular weight excluding hydrogens is 482 g/mol.